The van der Waals surface area contributed by atoms with Gasteiger partial charge in [-0.05, 0) is 6.42 Å². The molecule has 0 aromatic rings. The maximum absolute atomic E-state index is 10.1. The molecular weight excluding hydrogens is 322 g/mol. The number of carbonyl (C=O) groups excluding carboxylic acids is 1. The Kier molecular flexibility index (Phi) is 11.5. The maximum Gasteiger partial charge on any atom is 0.335 e. The van der Waals surface area contributed by atoms with Crippen LogP contribution in [0.4, 0.5) is 0 Å². The fraction of sp³-hybridized carbons (Fsp3) is 0.636. The summed E-state index contributed by atoms with van der Waals surface area (Å²) < 4.78 is 0. The van der Waals surface area contributed by atoms with E-state index in [0.717, 1.165) is 0 Å². The van der Waals surface area contributed by atoms with Crippen LogP contribution in [0.3, 0.4) is 0 Å². The number of carboxylic acid groups (broad SMARTS) is 3. The molecule has 9 N–H and O–H groups in total. The van der Waals surface area contributed by atoms with Gasteiger partial charge in [0.1, 0.15) is 24.4 Å². The number of hydrogen-bond donors (Lipinski definition) is 8. The van der Waals surface area contributed by atoms with E-state index in [9.17, 15) is 19.2 Å². The highest BCUT2D eigenvalue weighted by molar-refractivity contribution is 5.74. The van der Waals surface area contributed by atoms with Crippen LogP contribution in [-0.4, -0.2) is 90.4 Å². The van der Waals surface area contributed by atoms with Gasteiger partial charge in [-0.2, -0.15) is 0 Å². The van der Waals surface area contributed by atoms with Gasteiger partial charge in [0.2, 0.25) is 0 Å². The van der Waals surface area contributed by atoms with E-state index in [-0.39, 0.29) is 19.1 Å². The van der Waals surface area contributed by atoms with Crippen LogP contribution in [0.25, 0.3) is 0 Å². The second kappa shape index (κ2) is 11.4. The predicted octanol–water partition coefficient (Wildman–Crippen LogP) is -4.02. The number of carbonyl (C=O) groups is 4. The van der Waals surface area contributed by atoms with Crippen molar-refractivity contribution in [3.8, 4) is 0 Å². The third kappa shape index (κ3) is 10.3. The van der Waals surface area contributed by atoms with Crippen LogP contribution in [0.1, 0.15) is 12.8 Å². The molecule has 1 unspecified atom stereocenters. The van der Waals surface area contributed by atoms with Gasteiger partial charge in [-0.25, -0.2) is 4.79 Å². The number of rotatable bonds is 9. The van der Waals surface area contributed by atoms with E-state index in [1.54, 1.807) is 0 Å². The van der Waals surface area contributed by atoms with Gasteiger partial charge in [-0.3, -0.25) is 9.59 Å². The van der Waals surface area contributed by atoms with Gasteiger partial charge in [-0.15, -0.1) is 0 Å². The summed E-state index contributed by atoms with van der Waals surface area (Å²) in [5.74, 6) is -3.96. The number of carboxylic acids is 3. The van der Waals surface area contributed by atoms with Crippen LogP contribution in [0, 0.1) is 0 Å². The lowest BCUT2D eigenvalue weighted by atomic mass is 10.0. The van der Waals surface area contributed by atoms with Gasteiger partial charge in [0.05, 0.1) is 0 Å². The molecule has 134 valence electrons. The fourth-order valence-electron chi connectivity index (χ4n) is 1.02. The molecular formula is C11H19NO11. The molecule has 0 saturated carbocycles. The van der Waals surface area contributed by atoms with Gasteiger partial charge < -0.3 is 46.3 Å². The van der Waals surface area contributed by atoms with E-state index in [1.807, 2.05) is 0 Å². The van der Waals surface area contributed by atoms with Crippen molar-refractivity contribution in [3.05, 3.63) is 0 Å². The van der Waals surface area contributed by atoms with Crippen LogP contribution >= 0.6 is 0 Å². The Morgan fingerprint density at radius 1 is 0.913 bits per heavy atom. The number of aliphatic hydroxyl groups is 4. The van der Waals surface area contributed by atoms with Crippen molar-refractivity contribution in [1.29, 1.82) is 0 Å². The standard InChI is InChI=1S/C6H10O7.C5H9NO4/c7-1-2(8)3(9)4(10)5(11)6(12)13;6-3(5(9)10)1-2-4(7)8/h1-5,8-11H,(H,12,13);3H,1-2,6H2,(H,7,8)(H,9,10)/t2-,3+,4-,5-;/m0./s1. The Labute approximate surface area is 129 Å². The van der Waals surface area contributed by atoms with E-state index in [0.29, 0.717) is 0 Å². The number of nitrogens with two attached hydrogens (primary N) is 1. The summed E-state index contributed by atoms with van der Waals surface area (Å²) in [6, 6.07) is -1.06. The average Bonchev–Trinajstić information content (AvgIpc) is 2.49. The molecule has 0 aromatic heterocycles. The zero-order chi connectivity index (χ0) is 18.7. The highest BCUT2D eigenvalue weighted by atomic mass is 16.4. The van der Waals surface area contributed by atoms with Crippen molar-refractivity contribution < 1.29 is 54.9 Å². The van der Waals surface area contributed by atoms with Crippen LogP contribution in [-0.2, 0) is 19.2 Å². The quantitative estimate of drug-likeness (QED) is 0.187. The van der Waals surface area contributed by atoms with Gasteiger partial charge in [0.15, 0.2) is 12.4 Å². The first-order valence-corrected chi connectivity index (χ1v) is 6.06. The molecule has 0 fully saturated rings. The summed E-state index contributed by atoms with van der Waals surface area (Å²) >= 11 is 0. The van der Waals surface area contributed by atoms with Gasteiger partial charge in [0.25, 0.3) is 0 Å². The average molecular weight is 341 g/mol. The van der Waals surface area contributed by atoms with Crippen molar-refractivity contribution in [3.63, 3.8) is 0 Å². The van der Waals surface area contributed by atoms with Gasteiger partial charge in [-0.1, -0.05) is 0 Å². The Hall–Kier alpha value is -2.12. The Bertz CT molecular complexity index is 413. The number of hydrogen-bond acceptors (Lipinski definition) is 9. The molecule has 12 heteroatoms. The second-order valence-corrected chi connectivity index (χ2v) is 4.27. The molecule has 0 aromatic carbocycles. The van der Waals surface area contributed by atoms with E-state index in [2.05, 4.69) is 0 Å². The minimum absolute atomic E-state index is 0.0231. The van der Waals surface area contributed by atoms with Gasteiger partial charge in [0, 0.05) is 6.42 Å². The number of aliphatic hydroxyl groups excluding tert-OH is 4. The Morgan fingerprint density at radius 2 is 1.39 bits per heavy atom. The molecule has 23 heavy (non-hydrogen) atoms. The molecule has 0 heterocycles. The largest absolute Gasteiger partial charge is 0.481 e. The summed E-state index contributed by atoms with van der Waals surface area (Å²) in [5, 5.41) is 59.5. The summed E-state index contributed by atoms with van der Waals surface area (Å²) in [6.45, 7) is 0. The van der Waals surface area contributed by atoms with Crippen LogP contribution < -0.4 is 5.73 Å². The molecule has 0 spiro atoms. The molecule has 0 saturated heterocycles. The van der Waals surface area contributed by atoms with Crippen LogP contribution in [0.5, 0.6) is 0 Å². The van der Waals surface area contributed by atoms with E-state index in [1.165, 1.54) is 0 Å². The molecule has 0 aliphatic heterocycles. The van der Waals surface area contributed by atoms with E-state index >= 15 is 0 Å². The first kappa shape index (κ1) is 23.2. The normalized spacial score (nSPS) is 16.7. The fourth-order valence-corrected chi connectivity index (χ4v) is 1.02. The predicted molar refractivity (Wildman–Crippen MR) is 70.2 cm³/mol. The zero-order valence-electron chi connectivity index (χ0n) is 11.7. The van der Waals surface area contributed by atoms with Crippen molar-refractivity contribution in [2.75, 3.05) is 0 Å². The third-order valence-corrected chi connectivity index (χ3v) is 2.40. The first-order chi connectivity index (χ1) is 10.4. The highest BCUT2D eigenvalue weighted by Crippen LogP contribution is 2.03. The lowest BCUT2D eigenvalue weighted by Crippen LogP contribution is -2.48. The SMILES string of the molecule is NC(CCC(=O)O)C(=O)O.O=C[C@H](O)[C@@H](O)[C@H](O)[C@H](O)C(=O)O. The summed E-state index contributed by atoms with van der Waals surface area (Å²) in [6.07, 6.45) is -8.62. The monoisotopic (exact) mass is 341 g/mol. The van der Waals surface area contributed by atoms with Crippen LogP contribution in [0.15, 0.2) is 0 Å². The number of aliphatic carboxylic acids is 3. The Balaban J connectivity index is 0. The molecule has 12 nitrogen and oxygen atoms in total. The van der Waals surface area contributed by atoms with Crippen molar-refractivity contribution in [2.24, 2.45) is 5.73 Å². The summed E-state index contributed by atoms with van der Waals surface area (Å²) in [5.41, 5.74) is 5.00. The topological polar surface area (TPSA) is 236 Å². The first-order valence-electron chi connectivity index (χ1n) is 6.06. The highest BCUT2D eigenvalue weighted by Gasteiger charge is 2.34. The van der Waals surface area contributed by atoms with Crippen molar-refractivity contribution in [1.82, 2.24) is 0 Å². The molecule has 0 radical (unpaired) electrons. The molecule has 0 amide bonds. The minimum Gasteiger partial charge on any atom is -0.481 e. The summed E-state index contributed by atoms with van der Waals surface area (Å²) in [7, 11) is 0. The van der Waals surface area contributed by atoms with Crippen molar-refractivity contribution in [2.45, 2.75) is 43.3 Å². The molecule has 5 atom stereocenters. The zero-order valence-corrected chi connectivity index (χ0v) is 11.7. The minimum atomic E-state index is -2.25. The Morgan fingerprint density at radius 3 is 1.70 bits per heavy atom. The van der Waals surface area contributed by atoms with E-state index < -0.39 is 48.4 Å². The summed E-state index contributed by atoms with van der Waals surface area (Å²) in [4.78, 5) is 39.8. The molecule has 0 bridgehead atoms. The molecule has 0 aliphatic rings. The lowest BCUT2D eigenvalue weighted by molar-refractivity contribution is -0.163. The van der Waals surface area contributed by atoms with Gasteiger partial charge >= 0.3 is 17.9 Å². The molecule has 0 aliphatic carbocycles. The maximum atomic E-state index is 10.1. The molecule has 0 rings (SSSR count). The number of aldehydes is 1. The third-order valence-electron chi connectivity index (χ3n) is 2.40. The van der Waals surface area contributed by atoms with E-state index in [4.69, 9.17) is 41.5 Å². The lowest BCUT2D eigenvalue weighted by Gasteiger charge is -2.21. The smallest absolute Gasteiger partial charge is 0.335 e. The second-order valence-electron chi connectivity index (χ2n) is 4.27. The van der Waals surface area contributed by atoms with Crippen molar-refractivity contribution >= 4 is 24.2 Å². The van der Waals surface area contributed by atoms with Crippen LogP contribution in [0.2, 0.25) is 0 Å².